The molecule has 0 amide bonds. The number of carboxylic acid groups (broad SMARTS) is 1. The normalized spacial score (nSPS) is 10.6. The van der Waals surface area contributed by atoms with E-state index in [0.717, 1.165) is 16.7 Å². The molecule has 0 aromatic heterocycles. The molecule has 6 heteroatoms. The Morgan fingerprint density at radius 1 is 1.06 bits per heavy atom. The molecule has 1 N–H and O–H groups in total. The van der Waals surface area contributed by atoms with Crippen LogP contribution in [0.25, 0.3) is 0 Å². The summed E-state index contributed by atoms with van der Waals surface area (Å²) in [5.74, 6) is 3.77. The Morgan fingerprint density at radius 3 is 2.35 bits per heavy atom. The molecule has 0 fully saturated rings. The Bertz CT molecular complexity index is 1020. The van der Waals surface area contributed by atoms with Crippen molar-refractivity contribution in [3.63, 3.8) is 0 Å². The van der Waals surface area contributed by atoms with E-state index in [1.807, 2.05) is 45.9 Å². The summed E-state index contributed by atoms with van der Waals surface area (Å²) < 4.78 is 11.0. The van der Waals surface area contributed by atoms with Crippen LogP contribution in [0, 0.1) is 24.2 Å². The number of carbonyl (C=O) groups excluding carboxylic acids is 2. The maximum atomic E-state index is 12.3. The van der Waals surface area contributed by atoms with Gasteiger partial charge in [0, 0.05) is 16.7 Å². The highest BCUT2D eigenvalue weighted by Crippen LogP contribution is 2.23. The minimum Gasteiger partial charge on any atom is -0.481 e. The van der Waals surface area contributed by atoms with Gasteiger partial charge in [0.1, 0.15) is 19.0 Å². The number of Topliss-reactive ketones (excluding diaryl/α,β-unsaturated/α-hetero) is 1. The molecule has 0 saturated carbocycles. The standard InChI is InChI=1S/C25H26O6/c1-5-25(3,4)24(29)31-16-19-9-6-8-17(2)21(19)10-7-15-30-20-13-11-18(12-14-20)22(26)23(27)28/h6,8-9,11-14H,5,15-16H2,1-4H3,(H,27,28). The van der Waals surface area contributed by atoms with E-state index >= 15 is 0 Å². The van der Waals surface area contributed by atoms with E-state index in [2.05, 4.69) is 11.8 Å². The molecule has 0 aliphatic heterocycles. The summed E-state index contributed by atoms with van der Waals surface area (Å²) in [7, 11) is 0. The molecule has 31 heavy (non-hydrogen) atoms. The quantitative estimate of drug-likeness (QED) is 0.297. The van der Waals surface area contributed by atoms with Gasteiger partial charge in [0.25, 0.3) is 5.78 Å². The number of hydrogen-bond acceptors (Lipinski definition) is 5. The van der Waals surface area contributed by atoms with E-state index in [1.165, 1.54) is 24.3 Å². The summed E-state index contributed by atoms with van der Waals surface area (Å²) in [6.45, 7) is 7.84. The number of ketones is 1. The van der Waals surface area contributed by atoms with Gasteiger partial charge in [-0.3, -0.25) is 9.59 Å². The van der Waals surface area contributed by atoms with Crippen LogP contribution in [0.2, 0.25) is 0 Å². The summed E-state index contributed by atoms with van der Waals surface area (Å²) in [6, 6.07) is 11.5. The fraction of sp³-hybridized carbons (Fsp3) is 0.320. The smallest absolute Gasteiger partial charge is 0.377 e. The van der Waals surface area contributed by atoms with Crippen molar-refractivity contribution < 1.29 is 29.0 Å². The van der Waals surface area contributed by atoms with Crippen LogP contribution in [-0.2, 0) is 20.9 Å². The molecule has 162 valence electrons. The second-order valence-corrected chi connectivity index (χ2v) is 7.67. The van der Waals surface area contributed by atoms with Crippen LogP contribution >= 0.6 is 0 Å². The molecule has 0 aliphatic rings. The van der Waals surface area contributed by atoms with Crippen LogP contribution in [-0.4, -0.2) is 29.4 Å². The Labute approximate surface area is 182 Å². The van der Waals surface area contributed by atoms with Gasteiger partial charge in [-0.2, -0.15) is 0 Å². The summed E-state index contributed by atoms with van der Waals surface area (Å²) in [5.41, 5.74) is 2.12. The zero-order valence-electron chi connectivity index (χ0n) is 18.2. The van der Waals surface area contributed by atoms with Gasteiger partial charge in [-0.15, -0.1) is 0 Å². The number of carboxylic acids is 1. The van der Waals surface area contributed by atoms with Gasteiger partial charge in [-0.1, -0.05) is 37.0 Å². The zero-order chi connectivity index (χ0) is 23.0. The van der Waals surface area contributed by atoms with Gasteiger partial charge in [0.05, 0.1) is 5.41 Å². The van der Waals surface area contributed by atoms with E-state index in [1.54, 1.807) is 0 Å². The van der Waals surface area contributed by atoms with Crippen LogP contribution in [0.5, 0.6) is 5.75 Å². The van der Waals surface area contributed by atoms with Crippen LogP contribution in [0.1, 0.15) is 54.2 Å². The monoisotopic (exact) mass is 422 g/mol. The highest BCUT2D eigenvalue weighted by Gasteiger charge is 2.27. The molecule has 6 nitrogen and oxygen atoms in total. The fourth-order valence-electron chi connectivity index (χ4n) is 2.58. The highest BCUT2D eigenvalue weighted by molar-refractivity contribution is 6.39. The Morgan fingerprint density at radius 2 is 1.74 bits per heavy atom. The SMILES string of the molecule is CCC(C)(C)C(=O)OCc1cccc(C)c1C#CCOc1ccc(C(=O)C(=O)O)cc1. The maximum absolute atomic E-state index is 12.3. The lowest BCUT2D eigenvalue weighted by atomic mass is 9.91. The molecule has 0 unspecified atom stereocenters. The lowest BCUT2D eigenvalue weighted by Gasteiger charge is -2.20. The number of ether oxygens (including phenoxy) is 2. The first-order valence-electron chi connectivity index (χ1n) is 9.90. The largest absolute Gasteiger partial charge is 0.481 e. The molecule has 2 aromatic rings. The van der Waals surface area contributed by atoms with Gasteiger partial charge < -0.3 is 14.6 Å². The molecule has 0 aliphatic carbocycles. The first-order chi connectivity index (χ1) is 14.7. The Hall–Kier alpha value is -3.59. The molecule has 0 bridgehead atoms. The minimum absolute atomic E-state index is 0.0799. The van der Waals surface area contributed by atoms with Crippen molar-refractivity contribution >= 4 is 17.7 Å². The molecule has 2 rings (SSSR count). The van der Waals surface area contributed by atoms with Crippen LogP contribution < -0.4 is 4.74 Å². The molecular weight excluding hydrogens is 396 g/mol. The minimum atomic E-state index is -1.50. The van der Waals surface area contributed by atoms with E-state index in [0.29, 0.717) is 12.2 Å². The average molecular weight is 422 g/mol. The molecule has 0 radical (unpaired) electrons. The second-order valence-electron chi connectivity index (χ2n) is 7.67. The molecule has 2 aromatic carbocycles. The lowest BCUT2D eigenvalue weighted by Crippen LogP contribution is -2.25. The number of hydrogen-bond donors (Lipinski definition) is 1. The zero-order valence-corrected chi connectivity index (χ0v) is 18.2. The van der Waals surface area contributed by atoms with Gasteiger partial charge in [0.2, 0.25) is 0 Å². The van der Waals surface area contributed by atoms with Gasteiger partial charge in [-0.05, 0) is 57.0 Å². The van der Waals surface area contributed by atoms with Crippen molar-refractivity contribution in [3.8, 4) is 17.6 Å². The van der Waals surface area contributed by atoms with Gasteiger partial charge >= 0.3 is 11.9 Å². The fourth-order valence-corrected chi connectivity index (χ4v) is 2.58. The molecule has 0 heterocycles. The van der Waals surface area contributed by atoms with Crippen LogP contribution in [0.3, 0.4) is 0 Å². The third-order valence-corrected chi connectivity index (χ3v) is 4.99. The van der Waals surface area contributed by atoms with Crippen LogP contribution in [0.15, 0.2) is 42.5 Å². The third kappa shape index (κ3) is 6.45. The molecule has 0 saturated heterocycles. The number of benzene rings is 2. The van der Waals surface area contributed by atoms with Gasteiger partial charge in [-0.25, -0.2) is 4.79 Å². The second kappa shape index (κ2) is 10.4. The van der Waals surface area contributed by atoms with Crippen molar-refractivity contribution in [2.45, 2.75) is 40.7 Å². The van der Waals surface area contributed by atoms with Crippen molar-refractivity contribution in [1.82, 2.24) is 0 Å². The number of aryl methyl sites for hydroxylation is 1. The third-order valence-electron chi connectivity index (χ3n) is 4.99. The summed E-state index contributed by atoms with van der Waals surface area (Å²) >= 11 is 0. The Balaban J connectivity index is 2.03. The molecule has 0 spiro atoms. The predicted octanol–water partition coefficient (Wildman–Crippen LogP) is 4.17. The van der Waals surface area contributed by atoms with E-state index in [9.17, 15) is 14.4 Å². The number of carbonyl (C=O) groups is 3. The van der Waals surface area contributed by atoms with E-state index < -0.39 is 17.2 Å². The van der Waals surface area contributed by atoms with E-state index in [4.69, 9.17) is 14.6 Å². The number of aliphatic carboxylic acids is 1. The van der Waals surface area contributed by atoms with Crippen LogP contribution in [0.4, 0.5) is 0 Å². The lowest BCUT2D eigenvalue weighted by molar-refractivity contribution is -0.155. The number of rotatable bonds is 8. The average Bonchev–Trinajstić information content (AvgIpc) is 2.75. The van der Waals surface area contributed by atoms with Crippen molar-refractivity contribution in [2.24, 2.45) is 5.41 Å². The predicted molar refractivity (Wildman–Crippen MR) is 116 cm³/mol. The first kappa shape index (κ1) is 23.7. The molecular formula is C25H26O6. The topological polar surface area (TPSA) is 89.9 Å². The van der Waals surface area contributed by atoms with Crippen molar-refractivity contribution in [3.05, 3.63) is 64.7 Å². The highest BCUT2D eigenvalue weighted by atomic mass is 16.5. The summed E-state index contributed by atoms with van der Waals surface area (Å²) in [6.07, 6.45) is 0.690. The maximum Gasteiger partial charge on any atom is 0.377 e. The van der Waals surface area contributed by atoms with Gasteiger partial charge in [0.15, 0.2) is 0 Å². The van der Waals surface area contributed by atoms with Crippen molar-refractivity contribution in [1.29, 1.82) is 0 Å². The summed E-state index contributed by atoms with van der Waals surface area (Å²) in [4.78, 5) is 34.4. The summed E-state index contributed by atoms with van der Waals surface area (Å²) in [5, 5.41) is 8.73. The Kier molecular flexibility index (Phi) is 7.98. The van der Waals surface area contributed by atoms with E-state index in [-0.39, 0.29) is 24.7 Å². The number of esters is 1. The van der Waals surface area contributed by atoms with Crippen molar-refractivity contribution in [2.75, 3.05) is 6.61 Å². The first-order valence-corrected chi connectivity index (χ1v) is 9.90. The molecule has 0 atom stereocenters.